The second kappa shape index (κ2) is 5.04. The molecule has 0 fully saturated rings. The van der Waals surface area contributed by atoms with Crippen molar-refractivity contribution in [3.8, 4) is 5.75 Å². The largest absolute Gasteiger partial charge is 0.508 e. The number of benzene rings is 2. The van der Waals surface area contributed by atoms with Gasteiger partial charge in [0.1, 0.15) is 5.75 Å². The molecule has 0 radical (unpaired) electrons. The third kappa shape index (κ3) is 2.37. The van der Waals surface area contributed by atoms with Crippen molar-refractivity contribution in [1.82, 2.24) is 5.32 Å². The van der Waals surface area contributed by atoms with Crippen LogP contribution in [0.25, 0.3) is 0 Å². The van der Waals surface area contributed by atoms with Crippen molar-refractivity contribution in [2.24, 2.45) is 0 Å². The zero-order valence-electron chi connectivity index (χ0n) is 9.97. The first-order valence-corrected chi connectivity index (χ1v) is 7.04. The second-order valence-electron chi connectivity index (χ2n) is 4.45. The summed E-state index contributed by atoms with van der Waals surface area (Å²) in [5, 5.41) is 12.8. The number of hydrogen-bond donors (Lipinski definition) is 2. The highest BCUT2D eigenvalue weighted by molar-refractivity contribution is 7.99. The fourth-order valence-corrected chi connectivity index (χ4v) is 3.38. The maximum absolute atomic E-state index is 9.24. The van der Waals surface area contributed by atoms with Crippen LogP contribution in [0.2, 0.25) is 0 Å². The van der Waals surface area contributed by atoms with Crippen molar-refractivity contribution in [2.75, 3.05) is 5.75 Å². The van der Waals surface area contributed by atoms with Crippen molar-refractivity contribution in [2.45, 2.75) is 17.5 Å². The Balaban J connectivity index is 1.67. The van der Waals surface area contributed by atoms with E-state index in [1.165, 1.54) is 16.0 Å². The molecule has 3 heteroatoms. The SMILES string of the molecule is Oc1ccc(CNC2CSc3ccccc32)cc1. The minimum absolute atomic E-state index is 0.320. The van der Waals surface area contributed by atoms with E-state index in [1.807, 2.05) is 23.9 Å². The molecule has 2 aromatic rings. The van der Waals surface area contributed by atoms with E-state index in [0.29, 0.717) is 11.8 Å². The maximum atomic E-state index is 9.24. The highest BCUT2D eigenvalue weighted by Crippen LogP contribution is 2.37. The lowest BCUT2D eigenvalue weighted by Crippen LogP contribution is -2.20. The topological polar surface area (TPSA) is 32.3 Å². The normalized spacial score (nSPS) is 17.7. The average molecular weight is 257 g/mol. The Kier molecular flexibility index (Phi) is 3.26. The minimum Gasteiger partial charge on any atom is -0.508 e. The van der Waals surface area contributed by atoms with Gasteiger partial charge in [-0.25, -0.2) is 0 Å². The summed E-state index contributed by atoms with van der Waals surface area (Å²) in [4.78, 5) is 1.39. The van der Waals surface area contributed by atoms with Gasteiger partial charge in [0.25, 0.3) is 0 Å². The van der Waals surface area contributed by atoms with Gasteiger partial charge in [0.2, 0.25) is 0 Å². The van der Waals surface area contributed by atoms with Crippen molar-refractivity contribution >= 4 is 11.8 Å². The molecule has 1 aliphatic heterocycles. The first-order valence-electron chi connectivity index (χ1n) is 6.06. The summed E-state index contributed by atoms with van der Waals surface area (Å²) in [7, 11) is 0. The number of phenols is 1. The summed E-state index contributed by atoms with van der Waals surface area (Å²) in [6.07, 6.45) is 0. The van der Waals surface area contributed by atoms with Crippen LogP contribution < -0.4 is 5.32 Å². The van der Waals surface area contributed by atoms with Crippen LogP contribution in [0.5, 0.6) is 5.75 Å². The Labute approximate surface area is 111 Å². The summed E-state index contributed by atoms with van der Waals surface area (Å²) in [6, 6.07) is 16.4. The van der Waals surface area contributed by atoms with Crippen molar-refractivity contribution in [1.29, 1.82) is 0 Å². The fraction of sp³-hybridized carbons (Fsp3) is 0.200. The van der Waals surface area contributed by atoms with Crippen molar-refractivity contribution in [3.63, 3.8) is 0 Å². The predicted molar refractivity (Wildman–Crippen MR) is 74.9 cm³/mol. The number of rotatable bonds is 3. The zero-order chi connectivity index (χ0) is 12.4. The fourth-order valence-electron chi connectivity index (χ4n) is 2.19. The van der Waals surface area contributed by atoms with Crippen LogP contribution in [-0.4, -0.2) is 10.9 Å². The van der Waals surface area contributed by atoms with E-state index >= 15 is 0 Å². The molecule has 0 bridgehead atoms. The van der Waals surface area contributed by atoms with Crippen LogP contribution in [0.15, 0.2) is 53.4 Å². The highest BCUT2D eigenvalue weighted by atomic mass is 32.2. The Bertz CT molecular complexity index is 538. The number of nitrogens with one attached hydrogen (secondary N) is 1. The molecule has 0 amide bonds. The molecule has 1 unspecified atom stereocenters. The van der Waals surface area contributed by atoms with Gasteiger partial charge >= 0.3 is 0 Å². The molecule has 0 saturated heterocycles. The van der Waals surface area contributed by atoms with Gasteiger partial charge in [0.15, 0.2) is 0 Å². The summed E-state index contributed by atoms with van der Waals surface area (Å²) in [6.45, 7) is 0.833. The van der Waals surface area contributed by atoms with E-state index in [-0.39, 0.29) is 0 Å². The standard InChI is InChI=1S/C15H15NOS/c17-12-7-5-11(6-8-12)9-16-14-10-18-15-4-2-1-3-13(14)15/h1-8,14,16-17H,9-10H2. The summed E-state index contributed by atoms with van der Waals surface area (Å²) < 4.78 is 0. The predicted octanol–water partition coefficient (Wildman–Crippen LogP) is 3.33. The summed E-state index contributed by atoms with van der Waals surface area (Å²) >= 11 is 1.91. The van der Waals surface area contributed by atoms with Crippen molar-refractivity contribution < 1.29 is 5.11 Å². The molecule has 18 heavy (non-hydrogen) atoms. The molecule has 92 valence electrons. The van der Waals surface area contributed by atoms with Gasteiger partial charge in [-0.1, -0.05) is 30.3 Å². The Hall–Kier alpha value is -1.45. The molecular formula is C15H15NOS. The van der Waals surface area contributed by atoms with Gasteiger partial charge in [-0.3, -0.25) is 0 Å². The first kappa shape index (κ1) is 11.6. The molecule has 1 heterocycles. The van der Waals surface area contributed by atoms with Crippen LogP contribution in [0, 0.1) is 0 Å². The number of aromatic hydroxyl groups is 1. The molecule has 2 N–H and O–H groups in total. The smallest absolute Gasteiger partial charge is 0.115 e. The van der Waals surface area contributed by atoms with Crippen LogP contribution >= 0.6 is 11.8 Å². The first-order chi connectivity index (χ1) is 8.83. The molecule has 1 aliphatic rings. The monoisotopic (exact) mass is 257 g/mol. The third-order valence-electron chi connectivity index (χ3n) is 3.19. The molecular weight excluding hydrogens is 242 g/mol. The second-order valence-corrected chi connectivity index (χ2v) is 5.51. The van der Waals surface area contributed by atoms with Crippen LogP contribution in [0.4, 0.5) is 0 Å². The van der Waals surface area contributed by atoms with Gasteiger partial charge in [0.05, 0.1) is 0 Å². The van der Waals surface area contributed by atoms with E-state index in [9.17, 15) is 5.11 Å². The molecule has 0 aliphatic carbocycles. The Morgan fingerprint density at radius 3 is 2.72 bits per heavy atom. The molecule has 0 spiro atoms. The number of thioether (sulfide) groups is 1. The third-order valence-corrected chi connectivity index (χ3v) is 4.37. The van der Waals surface area contributed by atoms with Crippen LogP contribution in [0.3, 0.4) is 0 Å². The van der Waals surface area contributed by atoms with Gasteiger partial charge in [-0.15, -0.1) is 11.8 Å². The lowest BCUT2D eigenvalue weighted by molar-refractivity contribution is 0.475. The number of hydrogen-bond acceptors (Lipinski definition) is 3. The Morgan fingerprint density at radius 1 is 1.11 bits per heavy atom. The van der Waals surface area contributed by atoms with Crippen molar-refractivity contribution in [3.05, 3.63) is 59.7 Å². The lowest BCUT2D eigenvalue weighted by Gasteiger charge is -2.13. The maximum Gasteiger partial charge on any atom is 0.115 e. The molecule has 1 atom stereocenters. The van der Waals surface area contributed by atoms with E-state index in [2.05, 4.69) is 29.6 Å². The number of fused-ring (bicyclic) bond motifs is 1. The van der Waals surface area contributed by atoms with Gasteiger partial charge in [-0.2, -0.15) is 0 Å². The van der Waals surface area contributed by atoms with Crippen LogP contribution in [-0.2, 0) is 6.54 Å². The molecule has 2 nitrogen and oxygen atoms in total. The minimum atomic E-state index is 0.320. The van der Waals surface area contributed by atoms with Gasteiger partial charge in [-0.05, 0) is 29.3 Å². The quantitative estimate of drug-likeness (QED) is 0.884. The number of phenolic OH excluding ortho intramolecular Hbond substituents is 1. The summed E-state index contributed by atoms with van der Waals surface area (Å²) in [5.74, 6) is 1.41. The molecule has 2 aromatic carbocycles. The highest BCUT2D eigenvalue weighted by Gasteiger charge is 2.21. The molecule has 0 aromatic heterocycles. The van der Waals surface area contributed by atoms with Gasteiger partial charge in [0, 0.05) is 23.2 Å². The van der Waals surface area contributed by atoms with Crippen LogP contribution in [0.1, 0.15) is 17.2 Å². The average Bonchev–Trinajstić information content (AvgIpc) is 2.82. The van der Waals surface area contributed by atoms with E-state index < -0.39 is 0 Å². The molecule has 0 saturated carbocycles. The molecule has 3 rings (SSSR count). The van der Waals surface area contributed by atoms with E-state index in [0.717, 1.165) is 12.3 Å². The lowest BCUT2D eigenvalue weighted by atomic mass is 10.1. The summed E-state index contributed by atoms with van der Waals surface area (Å²) in [5.41, 5.74) is 2.60. The zero-order valence-corrected chi connectivity index (χ0v) is 10.8. The van der Waals surface area contributed by atoms with E-state index in [4.69, 9.17) is 0 Å². The Morgan fingerprint density at radius 2 is 1.89 bits per heavy atom. The van der Waals surface area contributed by atoms with E-state index in [1.54, 1.807) is 12.1 Å². The van der Waals surface area contributed by atoms with Gasteiger partial charge < -0.3 is 10.4 Å².